The summed E-state index contributed by atoms with van der Waals surface area (Å²) in [4.78, 5) is 24.1. The number of ether oxygens (including phenoxy) is 1. The Morgan fingerprint density at radius 2 is 1.84 bits per heavy atom. The fraction of sp³-hybridized carbons (Fsp3) is 0.433. The topological polar surface area (TPSA) is 118 Å². The van der Waals surface area contributed by atoms with E-state index >= 15 is 0 Å². The smallest absolute Gasteiger partial charge is 0.344 e. The van der Waals surface area contributed by atoms with Gasteiger partial charge in [-0.1, -0.05) is 27.9 Å². The highest BCUT2D eigenvalue weighted by Crippen LogP contribution is 2.48. The number of nitrogens with one attached hydrogen (secondary N) is 2. The zero-order chi connectivity index (χ0) is 30.5. The molecule has 1 aliphatic heterocycles. The van der Waals surface area contributed by atoms with Gasteiger partial charge in [0.05, 0.1) is 37.6 Å². The van der Waals surface area contributed by atoms with Crippen molar-refractivity contribution in [3.8, 4) is 17.6 Å². The van der Waals surface area contributed by atoms with E-state index < -0.39 is 7.60 Å². The molecule has 3 aromatic rings. The molecule has 0 spiro atoms. The van der Waals surface area contributed by atoms with E-state index in [1.54, 1.807) is 0 Å². The van der Waals surface area contributed by atoms with Gasteiger partial charge in [0, 0.05) is 54.3 Å². The second-order valence-corrected chi connectivity index (χ2v) is 12.7. The van der Waals surface area contributed by atoms with Crippen LogP contribution in [-0.4, -0.2) is 91.4 Å². The highest BCUT2D eigenvalue weighted by atomic mass is 79.9. The lowest BCUT2D eigenvalue weighted by molar-refractivity contribution is -0.103. The summed E-state index contributed by atoms with van der Waals surface area (Å²) in [5.41, 5.74) is 2.36. The Bertz CT molecular complexity index is 1460. The van der Waals surface area contributed by atoms with Crippen LogP contribution < -0.4 is 15.4 Å². The average molecular weight is 674 g/mol. The number of nitrogens with zero attached hydrogens (tertiary/aromatic N) is 4. The minimum absolute atomic E-state index is 0.284. The molecule has 0 atom stereocenters. The monoisotopic (exact) mass is 672 g/mol. The lowest BCUT2D eigenvalue weighted by Gasteiger charge is -2.35. The molecule has 1 saturated heterocycles. The number of carbonyl (C=O) groups excluding carboxylic acids is 1. The van der Waals surface area contributed by atoms with Gasteiger partial charge in [-0.2, -0.15) is 0 Å². The second-order valence-electron chi connectivity index (χ2n) is 9.77. The number of carbonyl (C=O) groups is 1. The minimum Gasteiger partial charge on any atom is -0.491 e. The molecule has 1 aromatic heterocycles. The molecular formula is C30H38BrN6O5P. The normalized spacial score (nSPS) is 14.2. The van der Waals surface area contributed by atoms with Crippen LogP contribution in [0.25, 0.3) is 10.9 Å². The molecule has 1 aliphatic rings. The van der Waals surface area contributed by atoms with Gasteiger partial charge in [-0.25, -0.2) is 9.97 Å². The molecule has 11 nitrogen and oxygen atoms in total. The van der Waals surface area contributed by atoms with Gasteiger partial charge in [0.1, 0.15) is 24.2 Å². The third-order valence-corrected chi connectivity index (χ3v) is 9.26. The zero-order valence-corrected chi connectivity index (χ0v) is 27.0. The maximum absolute atomic E-state index is 12.9. The van der Waals surface area contributed by atoms with Crippen LogP contribution in [0.1, 0.15) is 20.3 Å². The van der Waals surface area contributed by atoms with Gasteiger partial charge in [0.15, 0.2) is 6.29 Å². The number of rotatable bonds is 15. The number of anilines is 3. The maximum Gasteiger partial charge on any atom is 0.344 e. The highest BCUT2D eigenvalue weighted by Gasteiger charge is 2.29. The predicted molar refractivity (Wildman–Crippen MR) is 173 cm³/mol. The summed E-state index contributed by atoms with van der Waals surface area (Å²) in [6.45, 7) is 9.45. The Morgan fingerprint density at radius 3 is 2.56 bits per heavy atom. The summed E-state index contributed by atoms with van der Waals surface area (Å²) in [5.74, 6) is 6.52. The first-order valence-corrected chi connectivity index (χ1v) is 16.9. The average Bonchev–Trinajstić information content (AvgIpc) is 2.99. The van der Waals surface area contributed by atoms with E-state index in [0.29, 0.717) is 44.0 Å². The highest BCUT2D eigenvalue weighted by molar-refractivity contribution is 9.10. The fourth-order valence-electron chi connectivity index (χ4n) is 4.76. The molecule has 43 heavy (non-hydrogen) atoms. The first kappa shape index (κ1) is 32.9. The van der Waals surface area contributed by atoms with E-state index in [0.717, 1.165) is 65.9 Å². The van der Waals surface area contributed by atoms with Crippen LogP contribution >= 0.6 is 23.5 Å². The molecule has 1 fully saturated rings. The molecule has 0 aliphatic carbocycles. The Labute approximate surface area is 261 Å². The van der Waals surface area contributed by atoms with Crippen molar-refractivity contribution >= 4 is 57.9 Å². The number of hydrogen-bond donors (Lipinski definition) is 2. The number of aldehydes is 1. The van der Waals surface area contributed by atoms with Crippen LogP contribution in [-0.2, 0) is 18.4 Å². The van der Waals surface area contributed by atoms with Crippen molar-refractivity contribution in [2.45, 2.75) is 20.3 Å². The molecule has 230 valence electrons. The van der Waals surface area contributed by atoms with Crippen molar-refractivity contribution in [3.63, 3.8) is 0 Å². The van der Waals surface area contributed by atoms with Crippen LogP contribution in [0.4, 0.5) is 17.2 Å². The lowest BCUT2D eigenvalue weighted by Crippen LogP contribution is -2.47. The molecule has 0 radical (unpaired) electrons. The maximum atomic E-state index is 12.9. The Hall–Kier alpha value is -3.04. The van der Waals surface area contributed by atoms with Crippen LogP contribution in [0.3, 0.4) is 0 Å². The molecule has 0 saturated carbocycles. The van der Waals surface area contributed by atoms with Crippen LogP contribution in [0.5, 0.6) is 5.75 Å². The van der Waals surface area contributed by atoms with Crippen molar-refractivity contribution in [2.75, 3.05) is 76.0 Å². The van der Waals surface area contributed by atoms with E-state index in [-0.39, 0.29) is 6.54 Å². The number of benzene rings is 2. The van der Waals surface area contributed by atoms with E-state index in [9.17, 15) is 9.36 Å². The van der Waals surface area contributed by atoms with Crippen molar-refractivity contribution < 1.29 is 23.1 Å². The number of hydrogen-bond acceptors (Lipinski definition) is 11. The molecule has 2 N–H and O–H groups in total. The fourth-order valence-corrected chi connectivity index (χ4v) is 6.95. The van der Waals surface area contributed by atoms with Crippen molar-refractivity contribution in [2.24, 2.45) is 0 Å². The summed E-state index contributed by atoms with van der Waals surface area (Å²) in [6, 6.07) is 11.7. The summed E-state index contributed by atoms with van der Waals surface area (Å²) in [6.07, 6.45) is 3.25. The van der Waals surface area contributed by atoms with Gasteiger partial charge in [-0.15, -0.1) is 0 Å². The van der Waals surface area contributed by atoms with Crippen LogP contribution in [0.15, 0.2) is 47.2 Å². The molecule has 2 heterocycles. The first-order valence-electron chi connectivity index (χ1n) is 14.4. The Balaban J connectivity index is 1.37. The molecule has 2 aromatic carbocycles. The number of piperazine rings is 1. The minimum atomic E-state index is -3.08. The first-order chi connectivity index (χ1) is 20.9. The van der Waals surface area contributed by atoms with Gasteiger partial charge in [-0.05, 0) is 50.5 Å². The quantitative estimate of drug-likeness (QED) is 0.0940. The standard InChI is InChI=1S/C30H38BrN6O5P/c1-3-41-43(39,42-4-2)23-37-15-13-36(14-16-37)12-8-18-40-29-21-27-26(20-28(29)32-11-5-6-17-38)30(34-22-33-27)35-25-10-7-9-24(31)19-25/h7,9-10,17,19-22,32H,3-4,8,11-16,18,23H2,1-2H3,(H,33,34,35). The van der Waals surface area contributed by atoms with Gasteiger partial charge >= 0.3 is 7.60 Å². The predicted octanol–water partition coefficient (Wildman–Crippen LogP) is 5.36. The van der Waals surface area contributed by atoms with Crippen LogP contribution in [0.2, 0.25) is 0 Å². The van der Waals surface area contributed by atoms with Gasteiger partial charge in [-0.3, -0.25) is 14.3 Å². The Morgan fingerprint density at radius 1 is 1.07 bits per heavy atom. The SMILES string of the molecule is CCOP(=O)(CN1CCN(CCCOc2cc3ncnc(Nc4cccc(Br)c4)c3cc2NCC#CC=O)CC1)OCC. The van der Waals surface area contributed by atoms with Crippen LogP contribution in [0, 0.1) is 11.8 Å². The second kappa shape index (κ2) is 16.7. The summed E-state index contributed by atoms with van der Waals surface area (Å²) in [7, 11) is -3.08. The van der Waals surface area contributed by atoms with Crippen molar-refractivity contribution in [3.05, 3.63) is 47.2 Å². The Kier molecular flexibility index (Phi) is 12.8. The third-order valence-electron chi connectivity index (χ3n) is 6.72. The zero-order valence-electron chi connectivity index (χ0n) is 24.6. The summed E-state index contributed by atoms with van der Waals surface area (Å²) in [5, 5.41) is 7.45. The molecule has 13 heteroatoms. The summed E-state index contributed by atoms with van der Waals surface area (Å²) >= 11 is 3.50. The third kappa shape index (κ3) is 10.00. The molecule has 0 bridgehead atoms. The van der Waals surface area contributed by atoms with Gasteiger partial charge in [0.25, 0.3) is 0 Å². The van der Waals surface area contributed by atoms with E-state index in [1.807, 2.05) is 50.2 Å². The molecule has 0 unspecified atom stereocenters. The number of aromatic nitrogens is 2. The number of halogens is 1. The van der Waals surface area contributed by atoms with Gasteiger partial charge in [0.2, 0.25) is 0 Å². The molecular weight excluding hydrogens is 635 g/mol. The van der Waals surface area contributed by atoms with Crippen molar-refractivity contribution in [1.82, 2.24) is 19.8 Å². The number of fused-ring (bicyclic) bond motifs is 1. The summed E-state index contributed by atoms with van der Waals surface area (Å²) < 4.78 is 31.0. The van der Waals surface area contributed by atoms with E-state index in [1.165, 1.54) is 6.33 Å². The molecule has 0 amide bonds. The molecule has 4 rings (SSSR count). The largest absolute Gasteiger partial charge is 0.491 e. The van der Waals surface area contributed by atoms with E-state index in [4.69, 9.17) is 13.8 Å². The van der Waals surface area contributed by atoms with Gasteiger partial charge < -0.3 is 29.3 Å². The lowest BCUT2D eigenvalue weighted by atomic mass is 10.1. The van der Waals surface area contributed by atoms with E-state index in [2.05, 4.69) is 58.2 Å². The van der Waals surface area contributed by atoms with Crippen molar-refractivity contribution in [1.29, 1.82) is 0 Å².